The number of halogens is 2. The summed E-state index contributed by atoms with van der Waals surface area (Å²) in [5.41, 5.74) is 3.52. The normalized spacial score (nSPS) is 11.0. The number of carbonyl (C=O) groups is 1. The number of aromatic nitrogens is 1. The van der Waals surface area contributed by atoms with Gasteiger partial charge in [0.25, 0.3) is 5.91 Å². The van der Waals surface area contributed by atoms with Crippen molar-refractivity contribution in [2.45, 2.75) is 26.7 Å². The Balaban J connectivity index is 1.84. The molecule has 3 aromatic rings. The van der Waals surface area contributed by atoms with E-state index in [2.05, 4.69) is 48.4 Å². The zero-order valence-electron chi connectivity index (χ0n) is 14.6. The van der Waals surface area contributed by atoms with Crippen molar-refractivity contribution in [3.63, 3.8) is 0 Å². The van der Waals surface area contributed by atoms with E-state index in [-0.39, 0.29) is 10.9 Å². The molecule has 1 aromatic heterocycles. The number of benzene rings is 2. The molecule has 0 aliphatic heterocycles. The summed E-state index contributed by atoms with van der Waals surface area (Å²) in [6, 6.07) is 13.3. The van der Waals surface area contributed by atoms with Gasteiger partial charge in [-0.1, -0.05) is 67.4 Å². The van der Waals surface area contributed by atoms with Crippen molar-refractivity contribution in [3.05, 3.63) is 68.5 Å². The van der Waals surface area contributed by atoms with Crippen LogP contribution in [-0.4, -0.2) is 10.9 Å². The van der Waals surface area contributed by atoms with Gasteiger partial charge in [0.15, 0.2) is 5.13 Å². The van der Waals surface area contributed by atoms with Crippen molar-refractivity contribution < 1.29 is 4.79 Å². The number of amides is 1. The predicted octanol–water partition coefficient (Wildman–Crippen LogP) is 6.80. The maximum absolute atomic E-state index is 12.5. The summed E-state index contributed by atoms with van der Waals surface area (Å²) in [6.45, 7) is 6.32. The monoisotopic (exact) mass is 404 g/mol. The molecule has 1 N–H and O–H groups in total. The Morgan fingerprint density at radius 1 is 1.12 bits per heavy atom. The lowest BCUT2D eigenvalue weighted by molar-refractivity contribution is 0.102. The fraction of sp³-hybridized carbons (Fsp3) is 0.200. The minimum atomic E-state index is -0.326. The number of hydrogen-bond donors (Lipinski definition) is 1. The molecule has 0 saturated carbocycles. The van der Waals surface area contributed by atoms with Gasteiger partial charge in [-0.2, -0.15) is 0 Å². The molecule has 0 atom stereocenters. The summed E-state index contributed by atoms with van der Waals surface area (Å²) in [5, 5.41) is 3.93. The molecule has 6 heteroatoms. The van der Waals surface area contributed by atoms with Gasteiger partial charge in [0.2, 0.25) is 0 Å². The van der Waals surface area contributed by atoms with Crippen LogP contribution in [0.15, 0.2) is 42.5 Å². The number of thiazole rings is 1. The topological polar surface area (TPSA) is 42.0 Å². The maximum atomic E-state index is 12.5. The van der Waals surface area contributed by atoms with Crippen LogP contribution in [0.2, 0.25) is 10.0 Å². The number of rotatable bonds is 4. The standard InChI is InChI=1S/C20H18Cl2N2OS/c1-11(2)13-7-9-14(10-8-13)18-12(3)26-20(23-18)24-19(25)15-5-4-6-16(21)17(15)22/h4-11H,1-3H3,(H,23,24,25). The zero-order chi connectivity index (χ0) is 18.8. The molecule has 0 spiro atoms. The van der Waals surface area contributed by atoms with Crippen LogP contribution in [0.25, 0.3) is 11.3 Å². The number of carbonyl (C=O) groups excluding carboxylic acids is 1. The molecule has 0 radical (unpaired) electrons. The first-order valence-corrected chi connectivity index (χ1v) is 9.77. The Morgan fingerprint density at radius 2 is 1.81 bits per heavy atom. The molecule has 0 saturated heterocycles. The highest BCUT2D eigenvalue weighted by atomic mass is 35.5. The Hall–Kier alpha value is -1.88. The quantitative estimate of drug-likeness (QED) is 0.519. The van der Waals surface area contributed by atoms with Gasteiger partial charge in [-0.25, -0.2) is 4.98 Å². The molecule has 1 heterocycles. The number of nitrogens with one attached hydrogen (secondary N) is 1. The predicted molar refractivity (Wildman–Crippen MR) is 111 cm³/mol. The maximum Gasteiger partial charge on any atom is 0.259 e. The minimum absolute atomic E-state index is 0.240. The zero-order valence-corrected chi connectivity index (χ0v) is 17.0. The largest absolute Gasteiger partial charge is 0.298 e. The third-order valence-corrected chi connectivity index (χ3v) is 5.77. The highest BCUT2D eigenvalue weighted by molar-refractivity contribution is 7.16. The third kappa shape index (κ3) is 3.93. The van der Waals surface area contributed by atoms with Gasteiger partial charge in [0, 0.05) is 10.4 Å². The van der Waals surface area contributed by atoms with Crippen LogP contribution >= 0.6 is 34.5 Å². The van der Waals surface area contributed by atoms with Gasteiger partial charge in [-0.05, 0) is 30.5 Å². The molecule has 3 nitrogen and oxygen atoms in total. The number of nitrogens with zero attached hydrogens (tertiary/aromatic N) is 1. The van der Waals surface area contributed by atoms with E-state index in [1.807, 2.05) is 6.92 Å². The van der Waals surface area contributed by atoms with E-state index in [1.54, 1.807) is 18.2 Å². The first-order valence-electron chi connectivity index (χ1n) is 8.20. The Bertz CT molecular complexity index is 949. The highest BCUT2D eigenvalue weighted by Gasteiger charge is 2.16. The van der Waals surface area contributed by atoms with Crippen molar-refractivity contribution in [2.24, 2.45) is 0 Å². The van der Waals surface area contributed by atoms with E-state index < -0.39 is 0 Å². The summed E-state index contributed by atoms with van der Waals surface area (Å²) < 4.78 is 0. The number of anilines is 1. The smallest absolute Gasteiger partial charge is 0.259 e. The fourth-order valence-electron chi connectivity index (χ4n) is 2.59. The van der Waals surface area contributed by atoms with Crippen LogP contribution in [0.3, 0.4) is 0 Å². The Kier molecular flexibility index (Phi) is 5.66. The van der Waals surface area contributed by atoms with Crippen LogP contribution in [0, 0.1) is 6.92 Å². The molecule has 0 bridgehead atoms. The summed E-state index contributed by atoms with van der Waals surface area (Å²) in [6.07, 6.45) is 0. The highest BCUT2D eigenvalue weighted by Crippen LogP contribution is 2.32. The fourth-order valence-corrected chi connectivity index (χ4v) is 3.80. The van der Waals surface area contributed by atoms with Gasteiger partial charge < -0.3 is 0 Å². The van der Waals surface area contributed by atoms with E-state index in [0.29, 0.717) is 21.6 Å². The van der Waals surface area contributed by atoms with Crippen molar-refractivity contribution >= 4 is 45.6 Å². The Morgan fingerprint density at radius 3 is 2.46 bits per heavy atom. The lowest BCUT2D eigenvalue weighted by Gasteiger charge is -2.06. The van der Waals surface area contributed by atoms with E-state index in [4.69, 9.17) is 23.2 Å². The molecular weight excluding hydrogens is 387 g/mol. The summed E-state index contributed by atoms with van der Waals surface area (Å²) in [7, 11) is 0. The van der Waals surface area contributed by atoms with Crippen LogP contribution < -0.4 is 5.32 Å². The van der Waals surface area contributed by atoms with Gasteiger partial charge in [0.05, 0.1) is 21.3 Å². The number of aryl methyl sites for hydroxylation is 1. The molecule has 0 fully saturated rings. The average molecular weight is 405 g/mol. The molecular formula is C20H18Cl2N2OS. The lowest BCUT2D eigenvalue weighted by Crippen LogP contribution is -2.12. The lowest BCUT2D eigenvalue weighted by atomic mass is 10.0. The minimum Gasteiger partial charge on any atom is -0.298 e. The Labute approximate surface area is 167 Å². The van der Waals surface area contributed by atoms with Gasteiger partial charge in [-0.15, -0.1) is 11.3 Å². The average Bonchev–Trinajstić information content (AvgIpc) is 2.97. The van der Waals surface area contributed by atoms with Crippen molar-refractivity contribution in [2.75, 3.05) is 5.32 Å². The second kappa shape index (κ2) is 7.78. The van der Waals surface area contributed by atoms with Gasteiger partial charge in [0.1, 0.15) is 0 Å². The van der Waals surface area contributed by atoms with Crippen LogP contribution in [-0.2, 0) is 0 Å². The van der Waals surface area contributed by atoms with E-state index in [1.165, 1.54) is 16.9 Å². The number of hydrogen-bond acceptors (Lipinski definition) is 3. The van der Waals surface area contributed by atoms with Gasteiger partial charge in [-0.3, -0.25) is 10.1 Å². The second-order valence-corrected chi connectivity index (χ2v) is 8.24. The molecule has 26 heavy (non-hydrogen) atoms. The first-order chi connectivity index (χ1) is 12.4. The van der Waals surface area contributed by atoms with Crippen LogP contribution in [0.5, 0.6) is 0 Å². The van der Waals surface area contributed by atoms with Crippen LogP contribution in [0.4, 0.5) is 5.13 Å². The summed E-state index contributed by atoms with van der Waals surface area (Å²) in [5.74, 6) is 0.158. The molecule has 134 valence electrons. The van der Waals surface area contributed by atoms with Crippen LogP contribution in [0.1, 0.15) is 40.6 Å². The second-order valence-electron chi connectivity index (χ2n) is 6.26. The molecule has 0 aliphatic carbocycles. The molecule has 3 rings (SSSR count). The third-order valence-electron chi connectivity index (χ3n) is 4.06. The SMILES string of the molecule is Cc1sc(NC(=O)c2cccc(Cl)c2Cl)nc1-c1ccc(C(C)C)cc1. The summed E-state index contributed by atoms with van der Waals surface area (Å²) >= 11 is 13.5. The van der Waals surface area contributed by atoms with Crippen molar-refractivity contribution in [3.8, 4) is 11.3 Å². The molecule has 2 aromatic carbocycles. The molecule has 1 amide bonds. The van der Waals surface area contributed by atoms with E-state index in [9.17, 15) is 4.79 Å². The van der Waals surface area contributed by atoms with Crippen molar-refractivity contribution in [1.82, 2.24) is 4.98 Å². The van der Waals surface area contributed by atoms with Crippen molar-refractivity contribution in [1.29, 1.82) is 0 Å². The first kappa shape index (κ1) is 18.9. The summed E-state index contributed by atoms with van der Waals surface area (Å²) in [4.78, 5) is 18.1. The van der Waals surface area contributed by atoms with Gasteiger partial charge >= 0.3 is 0 Å². The molecule has 0 aliphatic rings. The van der Waals surface area contributed by atoms with E-state index >= 15 is 0 Å². The van der Waals surface area contributed by atoms with E-state index in [0.717, 1.165) is 16.1 Å². The molecule has 0 unspecified atom stereocenters.